The number of ether oxygens (including phenoxy) is 1. The van der Waals surface area contributed by atoms with Gasteiger partial charge >= 0.3 is 5.97 Å². The normalized spacial score (nSPS) is 20.2. The first-order valence-electron chi connectivity index (χ1n) is 6.42. The number of halogens is 1. The molecule has 1 aromatic heterocycles. The number of carbonyl (C=O) groups is 1. The molecule has 1 unspecified atom stereocenters. The van der Waals surface area contributed by atoms with E-state index in [2.05, 4.69) is 31.1 Å². The van der Waals surface area contributed by atoms with Crippen LogP contribution in [0.5, 0.6) is 0 Å². The summed E-state index contributed by atoms with van der Waals surface area (Å²) in [6, 6.07) is 3.71. The molecule has 1 saturated heterocycles. The largest absolute Gasteiger partial charge is 0.465 e. The van der Waals surface area contributed by atoms with Gasteiger partial charge in [0.1, 0.15) is 6.04 Å². The van der Waals surface area contributed by atoms with Crippen molar-refractivity contribution in [1.82, 2.24) is 15.2 Å². The van der Waals surface area contributed by atoms with Gasteiger partial charge in [-0.05, 0) is 35.0 Å². The molecule has 1 N–H and O–H groups in total. The van der Waals surface area contributed by atoms with Crippen LogP contribution in [-0.4, -0.2) is 48.1 Å². The minimum absolute atomic E-state index is 0.160. The molecule has 0 radical (unpaired) electrons. The zero-order valence-electron chi connectivity index (χ0n) is 10.9. The molecule has 1 fully saturated rings. The SMILES string of the molecule is CCOC(=O)C1CNCCN1Cc1ccc(Br)cn1. The van der Waals surface area contributed by atoms with Crippen molar-refractivity contribution in [2.24, 2.45) is 0 Å². The van der Waals surface area contributed by atoms with E-state index in [1.54, 1.807) is 6.20 Å². The quantitative estimate of drug-likeness (QED) is 0.842. The van der Waals surface area contributed by atoms with Gasteiger partial charge in [0, 0.05) is 36.8 Å². The Morgan fingerprint density at radius 1 is 1.63 bits per heavy atom. The second-order valence-electron chi connectivity index (χ2n) is 4.41. The van der Waals surface area contributed by atoms with Gasteiger partial charge < -0.3 is 10.1 Å². The van der Waals surface area contributed by atoms with Crippen molar-refractivity contribution in [3.8, 4) is 0 Å². The summed E-state index contributed by atoms with van der Waals surface area (Å²) in [7, 11) is 0. The van der Waals surface area contributed by atoms with Crippen LogP contribution in [0.2, 0.25) is 0 Å². The highest BCUT2D eigenvalue weighted by molar-refractivity contribution is 9.10. The molecule has 0 spiro atoms. The molecule has 19 heavy (non-hydrogen) atoms. The van der Waals surface area contributed by atoms with Gasteiger partial charge in [-0.2, -0.15) is 0 Å². The van der Waals surface area contributed by atoms with Crippen LogP contribution < -0.4 is 5.32 Å². The zero-order valence-corrected chi connectivity index (χ0v) is 12.5. The summed E-state index contributed by atoms with van der Waals surface area (Å²) in [5.41, 5.74) is 0.958. The zero-order chi connectivity index (χ0) is 13.7. The molecule has 1 aromatic rings. The van der Waals surface area contributed by atoms with Crippen LogP contribution in [0, 0.1) is 0 Å². The van der Waals surface area contributed by atoms with Gasteiger partial charge in [0.25, 0.3) is 0 Å². The van der Waals surface area contributed by atoms with Gasteiger partial charge in [0.05, 0.1) is 12.3 Å². The molecule has 1 aliphatic heterocycles. The van der Waals surface area contributed by atoms with E-state index in [0.717, 1.165) is 23.3 Å². The van der Waals surface area contributed by atoms with Crippen molar-refractivity contribution < 1.29 is 9.53 Å². The molecular formula is C13H18BrN3O2. The van der Waals surface area contributed by atoms with E-state index in [4.69, 9.17) is 4.74 Å². The first kappa shape index (κ1) is 14.4. The number of pyridine rings is 1. The Kier molecular flexibility index (Phi) is 5.30. The molecule has 1 aliphatic rings. The summed E-state index contributed by atoms with van der Waals surface area (Å²) in [5.74, 6) is -0.160. The molecule has 0 bridgehead atoms. The lowest BCUT2D eigenvalue weighted by Crippen LogP contribution is -2.54. The van der Waals surface area contributed by atoms with Crippen LogP contribution in [0.1, 0.15) is 12.6 Å². The Hall–Kier alpha value is -0.980. The highest BCUT2D eigenvalue weighted by Gasteiger charge is 2.29. The standard InChI is InChI=1S/C13H18BrN3O2/c1-2-19-13(18)12-8-15-5-6-17(12)9-11-4-3-10(14)7-16-11/h3-4,7,12,15H,2,5-6,8-9H2,1H3. The number of nitrogens with one attached hydrogen (secondary N) is 1. The molecule has 5 nitrogen and oxygen atoms in total. The molecule has 0 saturated carbocycles. The topological polar surface area (TPSA) is 54.5 Å². The van der Waals surface area contributed by atoms with Gasteiger partial charge in [0.2, 0.25) is 0 Å². The summed E-state index contributed by atoms with van der Waals surface area (Å²) in [6.45, 7) is 5.25. The van der Waals surface area contributed by atoms with Crippen LogP contribution in [0.15, 0.2) is 22.8 Å². The predicted octanol–water partition coefficient (Wildman–Crippen LogP) is 1.18. The lowest BCUT2D eigenvalue weighted by Gasteiger charge is -2.34. The number of rotatable bonds is 4. The van der Waals surface area contributed by atoms with E-state index < -0.39 is 0 Å². The van der Waals surface area contributed by atoms with E-state index in [0.29, 0.717) is 19.7 Å². The maximum atomic E-state index is 11.9. The Morgan fingerprint density at radius 2 is 2.47 bits per heavy atom. The van der Waals surface area contributed by atoms with Crippen LogP contribution in [0.25, 0.3) is 0 Å². The Balaban J connectivity index is 2.03. The van der Waals surface area contributed by atoms with Crippen LogP contribution in [0.4, 0.5) is 0 Å². The fourth-order valence-electron chi connectivity index (χ4n) is 2.11. The van der Waals surface area contributed by atoms with Crippen molar-refractivity contribution in [2.75, 3.05) is 26.2 Å². The number of esters is 1. The highest BCUT2D eigenvalue weighted by Crippen LogP contribution is 2.12. The van der Waals surface area contributed by atoms with Crippen LogP contribution in [0.3, 0.4) is 0 Å². The molecule has 6 heteroatoms. The maximum absolute atomic E-state index is 11.9. The van der Waals surface area contributed by atoms with E-state index in [1.807, 2.05) is 19.1 Å². The van der Waals surface area contributed by atoms with E-state index >= 15 is 0 Å². The van der Waals surface area contributed by atoms with E-state index in [9.17, 15) is 4.79 Å². The molecule has 0 aromatic carbocycles. The van der Waals surface area contributed by atoms with Gasteiger partial charge in [-0.3, -0.25) is 14.7 Å². The third kappa shape index (κ3) is 3.99. The fraction of sp³-hybridized carbons (Fsp3) is 0.538. The Labute approximate surface area is 121 Å². The summed E-state index contributed by atoms with van der Waals surface area (Å²) in [4.78, 5) is 18.4. The average Bonchev–Trinajstić information content (AvgIpc) is 2.42. The van der Waals surface area contributed by atoms with E-state index in [1.165, 1.54) is 0 Å². The number of carbonyl (C=O) groups excluding carboxylic acids is 1. The third-order valence-electron chi connectivity index (χ3n) is 3.07. The molecule has 2 rings (SSSR count). The summed E-state index contributed by atoms with van der Waals surface area (Å²) in [6.07, 6.45) is 1.77. The van der Waals surface area contributed by atoms with Crippen LogP contribution >= 0.6 is 15.9 Å². The maximum Gasteiger partial charge on any atom is 0.324 e. The number of hydrogen-bond donors (Lipinski definition) is 1. The summed E-state index contributed by atoms with van der Waals surface area (Å²) >= 11 is 3.37. The first-order valence-corrected chi connectivity index (χ1v) is 7.22. The Morgan fingerprint density at radius 3 is 3.16 bits per heavy atom. The monoisotopic (exact) mass is 327 g/mol. The first-order chi connectivity index (χ1) is 9.20. The number of piperazine rings is 1. The lowest BCUT2D eigenvalue weighted by molar-refractivity contribution is -0.150. The van der Waals surface area contributed by atoms with Crippen molar-refractivity contribution in [3.05, 3.63) is 28.5 Å². The summed E-state index contributed by atoms with van der Waals surface area (Å²) < 4.78 is 6.08. The smallest absolute Gasteiger partial charge is 0.324 e. The second-order valence-corrected chi connectivity index (χ2v) is 5.33. The lowest BCUT2D eigenvalue weighted by atomic mass is 10.2. The predicted molar refractivity (Wildman–Crippen MR) is 75.6 cm³/mol. The number of nitrogens with zero attached hydrogens (tertiary/aromatic N) is 2. The van der Waals surface area contributed by atoms with Crippen molar-refractivity contribution in [3.63, 3.8) is 0 Å². The molecule has 2 heterocycles. The fourth-order valence-corrected chi connectivity index (χ4v) is 2.35. The Bertz CT molecular complexity index is 424. The van der Waals surface area contributed by atoms with Crippen molar-refractivity contribution in [2.45, 2.75) is 19.5 Å². The second kappa shape index (κ2) is 6.98. The summed E-state index contributed by atoms with van der Waals surface area (Å²) in [5, 5.41) is 3.23. The molecule has 0 aliphatic carbocycles. The third-order valence-corrected chi connectivity index (χ3v) is 3.54. The minimum atomic E-state index is -0.223. The molecule has 1 atom stereocenters. The minimum Gasteiger partial charge on any atom is -0.465 e. The average molecular weight is 328 g/mol. The number of hydrogen-bond acceptors (Lipinski definition) is 5. The molecular weight excluding hydrogens is 310 g/mol. The van der Waals surface area contributed by atoms with Crippen molar-refractivity contribution in [1.29, 1.82) is 0 Å². The van der Waals surface area contributed by atoms with Gasteiger partial charge in [0.15, 0.2) is 0 Å². The van der Waals surface area contributed by atoms with E-state index in [-0.39, 0.29) is 12.0 Å². The van der Waals surface area contributed by atoms with Crippen molar-refractivity contribution >= 4 is 21.9 Å². The van der Waals surface area contributed by atoms with Gasteiger partial charge in [-0.1, -0.05) is 0 Å². The molecule has 104 valence electrons. The van der Waals surface area contributed by atoms with Gasteiger partial charge in [-0.15, -0.1) is 0 Å². The van der Waals surface area contributed by atoms with Crippen LogP contribution in [-0.2, 0) is 16.1 Å². The highest BCUT2D eigenvalue weighted by atomic mass is 79.9. The molecule has 0 amide bonds. The van der Waals surface area contributed by atoms with Gasteiger partial charge in [-0.25, -0.2) is 0 Å². The number of aromatic nitrogens is 1.